The number of rotatable bonds is 4. The van der Waals surface area contributed by atoms with E-state index in [4.69, 9.17) is 19.9 Å². The van der Waals surface area contributed by atoms with Crippen molar-refractivity contribution in [3.63, 3.8) is 0 Å². The first-order chi connectivity index (χ1) is 18.4. The number of nitrogens with two attached hydrogens (primary N) is 1. The third-order valence-electron chi connectivity index (χ3n) is 7.97. The van der Waals surface area contributed by atoms with Crippen molar-refractivity contribution in [2.24, 2.45) is 10.9 Å². The maximum absolute atomic E-state index is 13.7. The minimum Gasteiger partial charge on any atom is -0.507 e. The molecule has 2 aliphatic carbocycles. The summed E-state index contributed by atoms with van der Waals surface area (Å²) >= 11 is 0. The number of carbonyl (C=O) groups excluding carboxylic acids is 2. The number of nitrogens with zero attached hydrogens (tertiary/aromatic N) is 1. The molecule has 208 valence electrons. The Labute approximate surface area is 223 Å². The number of methoxy groups -OCH3 is 1. The summed E-state index contributed by atoms with van der Waals surface area (Å²) in [5, 5.41) is 57.1. The molecule has 1 heterocycles. The number of phenolic OH excluding ortho intramolecular Hbond substituents is 2. The van der Waals surface area contributed by atoms with Crippen molar-refractivity contribution in [2.75, 3.05) is 7.11 Å². The largest absolute Gasteiger partial charge is 0.507 e. The van der Waals surface area contributed by atoms with Gasteiger partial charge in [0.05, 0.1) is 47.8 Å². The number of hydrogen-bond donors (Lipinski definition) is 6. The molecule has 7 N–H and O–H groups in total. The van der Waals surface area contributed by atoms with Crippen molar-refractivity contribution in [3.05, 3.63) is 51.6 Å². The van der Waals surface area contributed by atoms with Gasteiger partial charge in [0, 0.05) is 42.0 Å². The molecule has 0 unspecified atom stereocenters. The summed E-state index contributed by atoms with van der Waals surface area (Å²) < 4.78 is 17.2. The minimum absolute atomic E-state index is 0.00869. The first kappa shape index (κ1) is 27.0. The second-order valence-electron chi connectivity index (χ2n) is 10.3. The number of oxime groups is 1. The minimum atomic E-state index is -1.85. The van der Waals surface area contributed by atoms with Crippen LogP contribution < -0.4 is 10.5 Å². The van der Waals surface area contributed by atoms with Crippen LogP contribution in [0.1, 0.15) is 75.8 Å². The third-order valence-corrected chi connectivity index (χ3v) is 7.97. The lowest BCUT2D eigenvalue weighted by molar-refractivity contribution is -0.245. The van der Waals surface area contributed by atoms with Gasteiger partial charge in [0.1, 0.15) is 22.8 Å². The number of benzene rings is 2. The molecule has 0 saturated carbocycles. The van der Waals surface area contributed by atoms with Gasteiger partial charge in [0.15, 0.2) is 12.1 Å². The monoisotopic (exact) mass is 542 g/mol. The topological polar surface area (TPSA) is 201 Å². The first-order valence-corrected chi connectivity index (χ1v) is 12.5. The summed E-state index contributed by atoms with van der Waals surface area (Å²) in [7, 11) is 1.34. The Bertz CT molecular complexity index is 1390. The van der Waals surface area contributed by atoms with E-state index in [0.29, 0.717) is 0 Å². The quantitative estimate of drug-likeness (QED) is 0.120. The number of aliphatic hydroxyl groups is 2. The lowest BCUT2D eigenvalue weighted by Gasteiger charge is -2.42. The van der Waals surface area contributed by atoms with Crippen molar-refractivity contribution < 1.29 is 49.4 Å². The van der Waals surface area contributed by atoms with Crippen LogP contribution >= 0.6 is 0 Å². The molecule has 12 heteroatoms. The summed E-state index contributed by atoms with van der Waals surface area (Å²) in [4.78, 5) is 27.2. The van der Waals surface area contributed by atoms with Gasteiger partial charge in [-0.15, -0.1) is 0 Å². The fraction of sp³-hybridized carbons (Fsp3) is 0.444. The number of carbonyl (C=O) groups is 2. The molecule has 6 atom stereocenters. The van der Waals surface area contributed by atoms with Gasteiger partial charge in [-0.25, -0.2) is 0 Å². The molecule has 39 heavy (non-hydrogen) atoms. The number of hydrogen-bond acceptors (Lipinski definition) is 12. The van der Waals surface area contributed by atoms with Crippen molar-refractivity contribution in [3.8, 4) is 17.2 Å². The Morgan fingerprint density at radius 3 is 2.49 bits per heavy atom. The highest BCUT2D eigenvalue weighted by Gasteiger charge is 2.49. The second-order valence-corrected chi connectivity index (χ2v) is 10.3. The Balaban J connectivity index is 1.69. The van der Waals surface area contributed by atoms with Crippen LogP contribution in [0.3, 0.4) is 0 Å². The summed E-state index contributed by atoms with van der Waals surface area (Å²) in [5.74, 6) is -2.51. The van der Waals surface area contributed by atoms with Crippen LogP contribution in [0.5, 0.6) is 17.2 Å². The van der Waals surface area contributed by atoms with Crippen LogP contribution in [0.2, 0.25) is 0 Å². The molecular weight excluding hydrogens is 512 g/mol. The van der Waals surface area contributed by atoms with E-state index in [1.54, 1.807) is 6.92 Å². The van der Waals surface area contributed by atoms with Crippen molar-refractivity contribution in [2.45, 2.75) is 69.4 Å². The summed E-state index contributed by atoms with van der Waals surface area (Å²) in [6, 6.07) is 3.77. The molecule has 5 rings (SSSR count). The highest BCUT2D eigenvalue weighted by atomic mass is 16.7. The molecule has 1 saturated heterocycles. The highest BCUT2D eigenvalue weighted by Crippen LogP contribution is 2.52. The molecule has 0 aromatic heterocycles. The van der Waals surface area contributed by atoms with Crippen molar-refractivity contribution in [1.29, 1.82) is 0 Å². The molecule has 0 spiro atoms. The van der Waals surface area contributed by atoms with E-state index in [-0.39, 0.29) is 53.0 Å². The van der Waals surface area contributed by atoms with E-state index in [0.717, 1.165) is 0 Å². The smallest absolute Gasteiger partial charge is 0.202 e. The normalized spacial score (nSPS) is 30.4. The Morgan fingerprint density at radius 2 is 1.85 bits per heavy atom. The summed E-state index contributed by atoms with van der Waals surface area (Å²) in [5.41, 5.74) is 3.14. The van der Waals surface area contributed by atoms with E-state index in [2.05, 4.69) is 5.16 Å². The SMILES string of the molecule is COc1cccc2c1C(=O)c1c(O)c3c(c(O)c1C2=O)C[C@@](O)(/C(C)=N\O)C[C@@H]3O[C@H]1C[C@@H](N)[C@H](O)[C@H](C)O1. The zero-order valence-corrected chi connectivity index (χ0v) is 21.5. The number of aromatic hydroxyl groups is 2. The van der Waals surface area contributed by atoms with Gasteiger partial charge in [-0.3, -0.25) is 9.59 Å². The molecule has 12 nitrogen and oxygen atoms in total. The standard InChI is InChI=1S/C27H30N2O10/c1-10-22(30)14(28)7-17(38-10)39-16-9-27(35,11(2)29-36)8-13-19(16)26(34)21-20(24(13)32)23(31)12-5-4-6-15(37-3)18(12)25(21)33/h4-6,10,14,16-17,22,30,32,34-36H,7-9,28H2,1-3H3/b29-11-/t10-,14+,16-,17-,22+,27-/m0/s1. The molecule has 2 aromatic rings. The number of ether oxygens (including phenoxy) is 3. The third kappa shape index (κ3) is 4.07. The number of ketones is 2. The average Bonchev–Trinajstić information content (AvgIpc) is 2.90. The zero-order chi connectivity index (χ0) is 28.4. The maximum atomic E-state index is 13.7. The summed E-state index contributed by atoms with van der Waals surface area (Å²) in [6.07, 6.45) is -4.34. The molecule has 0 amide bonds. The lowest BCUT2D eigenvalue weighted by atomic mass is 9.72. The molecule has 1 fully saturated rings. The predicted octanol–water partition coefficient (Wildman–Crippen LogP) is 1.29. The van der Waals surface area contributed by atoms with Gasteiger partial charge in [0.2, 0.25) is 5.78 Å². The number of fused-ring (bicyclic) bond motifs is 3. The Hall–Kier alpha value is -3.55. The first-order valence-electron chi connectivity index (χ1n) is 12.5. The fourth-order valence-corrected chi connectivity index (χ4v) is 5.76. The van der Waals surface area contributed by atoms with E-state index in [9.17, 15) is 35.2 Å². The van der Waals surface area contributed by atoms with E-state index in [1.165, 1.54) is 32.2 Å². The van der Waals surface area contributed by atoms with Crippen LogP contribution in [0.25, 0.3) is 0 Å². The second kappa shape index (κ2) is 9.57. The van der Waals surface area contributed by atoms with Crippen LogP contribution in [0.4, 0.5) is 0 Å². The fourth-order valence-electron chi connectivity index (χ4n) is 5.76. The lowest BCUT2D eigenvalue weighted by Crippen LogP contribution is -2.52. The molecule has 2 aromatic carbocycles. The van der Waals surface area contributed by atoms with Crippen LogP contribution in [0.15, 0.2) is 23.4 Å². The number of phenols is 2. The van der Waals surface area contributed by atoms with Gasteiger partial charge >= 0.3 is 0 Å². The Morgan fingerprint density at radius 1 is 1.15 bits per heavy atom. The zero-order valence-electron chi connectivity index (χ0n) is 21.5. The molecular formula is C27H30N2O10. The van der Waals surface area contributed by atoms with Crippen LogP contribution in [0, 0.1) is 0 Å². The van der Waals surface area contributed by atoms with Gasteiger partial charge < -0.3 is 45.6 Å². The number of aliphatic hydroxyl groups excluding tert-OH is 1. The molecule has 1 aliphatic heterocycles. The van der Waals surface area contributed by atoms with Gasteiger partial charge in [-0.2, -0.15) is 0 Å². The van der Waals surface area contributed by atoms with Crippen LogP contribution in [-0.4, -0.2) is 80.2 Å². The molecule has 0 radical (unpaired) electrons. The average molecular weight is 543 g/mol. The molecule has 3 aliphatic rings. The van der Waals surface area contributed by atoms with Gasteiger partial charge in [-0.1, -0.05) is 17.3 Å². The maximum Gasteiger partial charge on any atom is 0.202 e. The highest BCUT2D eigenvalue weighted by molar-refractivity contribution is 6.31. The van der Waals surface area contributed by atoms with E-state index in [1.807, 2.05) is 0 Å². The van der Waals surface area contributed by atoms with Crippen LogP contribution in [-0.2, 0) is 15.9 Å². The van der Waals surface area contributed by atoms with Gasteiger partial charge in [0.25, 0.3) is 0 Å². The van der Waals surface area contributed by atoms with Crippen molar-refractivity contribution in [1.82, 2.24) is 0 Å². The molecule has 0 bridgehead atoms. The van der Waals surface area contributed by atoms with Gasteiger partial charge in [-0.05, 0) is 19.9 Å². The van der Waals surface area contributed by atoms with E-state index >= 15 is 0 Å². The summed E-state index contributed by atoms with van der Waals surface area (Å²) in [6.45, 7) is 2.99. The van der Waals surface area contributed by atoms with Crippen molar-refractivity contribution >= 4 is 17.3 Å². The predicted molar refractivity (Wildman–Crippen MR) is 135 cm³/mol. The Kier molecular flexibility index (Phi) is 6.64. The van der Waals surface area contributed by atoms with E-state index < -0.39 is 70.4 Å².